The van der Waals surface area contributed by atoms with Crippen molar-refractivity contribution in [2.75, 3.05) is 33.4 Å². The van der Waals surface area contributed by atoms with E-state index in [2.05, 4.69) is 11.9 Å². The number of rotatable bonds is 0. The van der Waals surface area contributed by atoms with Crippen LogP contribution in [-0.2, 0) is 4.74 Å². The van der Waals surface area contributed by atoms with E-state index in [9.17, 15) is 0 Å². The van der Waals surface area contributed by atoms with Crippen LogP contribution in [0.4, 0.5) is 0 Å². The number of hydrogen-bond acceptors (Lipinski definition) is 2. The molecule has 1 spiro atoms. The van der Waals surface area contributed by atoms with Gasteiger partial charge in [0.1, 0.15) is 0 Å². The molecular weight excluding hydrogens is 150 g/mol. The smallest absolute Gasteiger partial charge is 0.0569 e. The van der Waals surface area contributed by atoms with Crippen molar-refractivity contribution in [3.63, 3.8) is 0 Å². The summed E-state index contributed by atoms with van der Waals surface area (Å²) >= 11 is 0. The van der Waals surface area contributed by atoms with Gasteiger partial charge in [-0.25, -0.2) is 0 Å². The number of nitrogens with zero attached hydrogens (tertiary/aromatic N) is 1. The highest BCUT2D eigenvalue weighted by molar-refractivity contribution is 4.97. The van der Waals surface area contributed by atoms with Gasteiger partial charge in [-0.1, -0.05) is 27.7 Å². The van der Waals surface area contributed by atoms with Crippen LogP contribution in [0.15, 0.2) is 0 Å². The molecule has 0 amide bonds. The second-order valence-electron chi connectivity index (χ2n) is 3.17. The third-order valence-corrected chi connectivity index (χ3v) is 2.03. The fourth-order valence-corrected chi connectivity index (χ4v) is 1.67. The molecule has 2 heteroatoms. The molecule has 2 aliphatic rings. The van der Waals surface area contributed by atoms with E-state index < -0.39 is 0 Å². The molecule has 0 aliphatic carbocycles. The summed E-state index contributed by atoms with van der Waals surface area (Å²) in [5.41, 5.74) is 0.620. The van der Waals surface area contributed by atoms with Crippen LogP contribution in [0.2, 0.25) is 0 Å². The lowest BCUT2D eigenvalue weighted by Crippen LogP contribution is -2.64. The van der Waals surface area contributed by atoms with Crippen molar-refractivity contribution >= 4 is 0 Å². The van der Waals surface area contributed by atoms with E-state index in [1.807, 2.05) is 27.7 Å². The first kappa shape index (κ1) is 11.9. The maximum atomic E-state index is 5.10. The monoisotopic (exact) mass is 173 g/mol. The van der Waals surface area contributed by atoms with E-state index in [0.717, 1.165) is 13.2 Å². The minimum absolute atomic E-state index is 0.620. The molecule has 12 heavy (non-hydrogen) atoms. The molecule has 0 radical (unpaired) electrons. The number of hydrogen-bond donors (Lipinski definition) is 0. The van der Waals surface area contributed by atoms with Crippen molar-refractivity contribution in [1.82, 2.24) is 4.90 Å². The first-order valence-corrected chi connectivity index (χ1v) is 5.07. The van der Waals surface area contributed by atoms with Crippen LogP contribution in [-0.4, -0.2) is 38.3 Å². The zero-order valence-corrected chi connectivity index (χ0v) is 9.18. The molecule has 0 atom stereocenters. The Morgan fingerprint density at radius 3 is 1.50 bits per heavy atom. The molecule has 2 saturated heterocycles. The van der Waals surface area contributed by atoms with Gasteiger partial charge in [0.2, 0.25) is 0 Å². The standard InChI is InChI=1S/C6H11NO.2C2H6/c1-7-2-6(3-7)4-8-5-6;2*1-2/h2-5H2,1H3;2*1-2H3. The summed E-state index contributed by atoms with van der Waals surface area (Å²) in [4.78, 5) is 2.34. The van der Waals surface area contributed by atoms with Crippen molar-refractivity contribution in [3.8, 4) is 0 Å². The van der Waals surface area contributed by atoms with E-state index in [0.29, 0.717) is 5.41 Å². The van der Waals surface area contributed by atoms with Gasteiger partial charge in [0.25, 0.3) is 0 Å². The lowest BCUT2D eigenvalue weighted by atomic mass is 9.79. The second-order valence-corrected chi connectivity index (χ2v) is 3.17. The highest BCUT2D eigenvalue weighted by atomic mass is 16.5. The maximum absolute atomic E-state index is 5.10. The zero-order chi connectivity index (χ0) is 9.61. The normalized spacial score (nSPS) is 23.8. The topological polar surface area (TPSA) is 12.5 Å². The average molecular weight is 173 g/mol. The highest BCUT2D eigenvalue weighted by Crippen LogP contribution is 2.35. The number of likely N-dealkylation sites (tertiary alicyclic amines) is 1. The van der Waals surface area contributed by atoms with Gasteiger partial charge in [0, 0.05) is 18.5 Å². The van der Waals surface area contributed by atoms with Gasteiger partial charge in [-0.05, 0) is 7.05 Å². The Bertz CT molecular complexity index is 102. The van der Waals surface area contributed by atoms with Crippen LogP contribution in [0.1, 0.15) is 27.7 Å². The Morgan fingerprint density at radius 2 is 1.42 bits per heavy atom. The summed E-state index contributed by atoms with van der Waals surface area (Å²) in [6.07, 6.45) is 0. The third kappa shape index (κ3) is 2.46. The first-order valence-electron chi connectivity index (χ1n) is 5.07. The predicted octanol–water partition coefficient (Wildman–Crippen LogP) is 2.00. The van der Waals surface area contributed by atoms with Crippen LogP contribution < -0.4 is 0 Å². The van der Waals surface area contributed by atoms with E-state index in [1.165, 1.54) is 13.1 Å². The SMILES string of the molecule is CC.CC.CN1CC2(COC2)C1. The van der Waals surface area contributed by atoms with Gasteiger partial charge in [0.15, 0.2) is 0 Å². The average Bonchev–Trinajstić information content (AvgIpc) is 2.03. The van der Waals surface area contributed by atoms with E-state index in [-0.39, 0.29) is 0 Å². The minimum atomic E-state index is 0.620. The van der Waals surface area contributed by atoms with E-state index >= 15 is 0 Å². The Labute approximate surface area is 76.9 Å². The molecule has 0 bridgehead atoms. The molecule has 0 unspecified atom stereocenters. The van der Waals surface area contributed by atoms with Gasteiger partial charge in [-0.2, -0.15) is 0 Å². The van der Waals surface area contributed by atoms with E-state index in [1.54, 1.807) is 0 Å². The molecular formula is C10H23NO. The summed E-state index contributed by atoms with van der Waals surface area (Å²) in [5, 5.41) is 0. The fourth-order valence-electron chi connectivity index (χ4n) is 1.67. The second kappa shape index (κ2) is 5.55. The molecule has 0 aromatic rings. The van der Waals surface area contributed by atoms with Crippen molar-refractivity contribution in [2.24, 2.45) is 5.41 Å². The van der Waals surface area contributed by atoms with E-state index in [4.69, 9.17) is 4.74 Å². The Morgan fingerprint density at radius 1 is 1.00 bits per heavy atom. The molecule has 2 rings (SSSR count). The highest BCUT2D eigenvalue weighted by Gasteiger charge is 2.47. The van der Waals surface area contributed by atoms with Gasteiger partial charge < -0.3 is 9.64 Å². The van der Waals surface area contributed by atoms with Crippen LogP contribution in [0.3, 0.4) is 0 Å². The quantitative estimate of drug-likeness (QED) is 0.555. The van der Waals surface area contributed by atoms with Crippen LogP contribution >= 0.6 is 0 Å². The Hall–Kier alpha value is -0.0800. The lowest BCUT2D eigenvalue weighted by molar-refractivity contribution is -0.182. The predicted molar refractivity (Wildman–Crippen MR) is 53.4 cm³/mol. The molecule has 2 nitrogen and oxygen atoms in total. The maximum Gasteiger partial charge on any atom is 0.0569 e. The molecule has 0 aromatic heterocycles. The van der Waals surface area contributed by atoms with Crippen LogP contribution in [0, 0.1) is 5.41 Å². The van der Waals surface area contributed by atoms with Crippen LogP contribution in [0.5, 0.6) is 0 Å². The van der Waals surface area contributed by atoms with Crippen molar-refractivity contribution in [1.29, 1.82) is 0 Å². The van der Waals surface area contributed by atoms with Crippen LogP contribution in [0.25, 0.3) is 0 Å². The molecule has 0 saturated carbocycles. The minimum Gasteiger partial charge on any atom is -0.380 e. The van der Waals surface area contributed by atoms with Crippen molar-refractivity contribution < 1.29 is 4.74 Å². The van der Waals surface area contributed by atoms with Gasteiger partial charge in [0.05, 0.1) is 13.2 Å². The fraction of sp³-hybridized carbons (Fsp3) is 1.00. The largest absolute Gasteiger partial charge is 0.380 e. The summed E-state index contributed by atoms with van der Waals surface area (Å²) in [6, 6.07) is 0. The van der Waals surface area contributed by atoms with Gasteiger partial charge >= 0.3 is 0 Å². The summed E-state index contributed by atoms with van der Waals surface area (Å²) in [6.45, 7) is 12.5. The molecule has 2 aliphatic heterocycles. The van der Waals surface area contributed by atoms with Gasteiger partial charge in [-0.3, -0.25) is 0 Å². The molecule has 0 aromatic carbocycles. The molecule has 2 fully saturated rings. The van der Waals surface area contributed by atoms with Gasteiger partial charge in [-0.15, -0.1) is 0 Å². The lowest BCUT2D eigenvalue weighted by Gasteiger charge is -2.53. The summed E-state index contributed by atoms with van der Waals surface area (Å²) in [7, 11) is 2.16. The third-order valence-electron chi connectivity index (χ3n) is 2.03. The zero-order valence-electron chi connectivity index (χ0n) is 9.18. The molecule has 0 N–H and O–H groups in total. The first-order chi connectivity index (χ1) is 5.81. The number of ether oxygens (including phenoxy) is 1. The molecule has 74 valence electrons. The Balaban J connectivity index is 0.000000269. The Kier molecular flexibility index (Phi) is 5.51. The molecule has 2 heterocycles. The summed E-state index contributed by atoms with van der Waals surface area (Å²) < 4.78 is 5.10. The summed E-state index contributed by atoms with van der Waals surface area (Å²) in [5.74, 6) is 0. The van der Waals surface area contributed by atoms with Crippen molar-refractivity contribution in [2.45, 2.75) is 27.7 Å². The van der Waals surface area contributed by atoms with Crippen molar-refractivity contribution in [3.05, 3.63) is 0 Å².